The summed E-state index contributed by atoms with van der Waals surface area (Å²) in [6, 6.07) is 3.77. The van der Waals surface area contributed by atoms with E-state index in [2.05, 4.69) is 29.9 Å². The first kappa shape index (κ1) is 15.7. The van der Waals surface area contributed by atoms with E-state index >= 15 is 0 Å². The summed E-state index contributed by atoms with van der Waals surface area (Å²) < 4.78 is 0. The minimum absolute atomic E-state index is 0.0236. The smallest absolute Gasteiger partial charge is 0.255 e. The Morgan fingerprint density at radius 2 is 2.00 bits per heavy atom. The first-order valence-corrected chi connectivity index (χ1v) is 7.98. The number of carbonyl (C=O) groups excluding carboxylic acids is 2. The molecule has 0 spiro atoms. The van der Waals surface area contributed by atoms with Crippen LogP contribution in [-0.2, 0) is 24.4 Å². The average molecular weight is 313 g/mol. The molecule has 1 unspecified atom stereocenters. The van der Waals surface area contributed by atoms with Crippen molar-refractivity contribution in [1.82, 2.24) is 15.1 Å². The highest BCUT2D eigenvalue weighted by Gasteiger charge is 2.34. The van der Waals surface area contributed by atoms with Crippen molar-refractivity contribution in [3.8, 4) is 0 Å². The standard InChI is InChI=1S/C18H23N3O2/c1-12(19-2)4-5-16(11-22)21-10-15-6-13-8-20(3)9-14(13)7-17(15)18(21)23/h6-7,11,16,19H,1,4-5,8-10H2,2-3H3. The molecule has 0 bridgehead atoms. The molecular weight excluding hydrogens is 290 g/mol. The monoisotopic (exact) mass is 313 g/mol. The molecule has 5 heteroatoms. The van der Waals surface area contributed by atoms with Gasteiger partial charge in [-0.2, -0.15) is 0 Å². The summed E-state index contributed by atoms with van der Waals surface area (Å²) in [4.78, 5) is 28.1. The maximum absolute atomic E-state index is 12.7. The molecule has 1 aromatic rings. The van der Waals surface area contributed by atoms with Crippen molar-refractivity contribution in [1.29, 1.82) is 0 Å². The fourth-order valence-corrected chi connectivity index (χ4v) is 3.42. The molecule has 0 saturated carbocycles. The first-order chi connectivity index (χ1) is 11.0. The maximum Gasteiger partial charge on any atom is 0.255 e. The Bertz CT molecular complexity index is 668. The lowest BCUT2D eigenvalue weighted by atomic mass is 10.0. The molecule has 122 valence electrons. The third-order valence-electron chi connectivity index (χ3n) is 4.79. The van der Waals surface area contributed by atoms with Crippen LogP contribution in [0.15, 0.2) is 24.4 Å². The van der Waals surface area contributed by atoms with Gasteiger partial charge >= 0.3 is 0 Å². The molecule has 1 aromatic carbocycles. The lowest BCUT2D eigenvalue weighted by Gasteiger charge is -2.23. The van der Waals surface area contributed by atoms with E-state index in [-0.39, 0.29) is 5.91 Å². The van der Waals surface area contributed by atoms with Gasteiger partial charge in [0, 0.05) is 37.9 Å². The predicted octanol–water partition coefficient (Wildman–Crippen LogP) is 1.67. The van der Waals surface area contributed by atoms with Crippen LogP contribution in [0.4, 0.5) is 0 Å². The van der Waals surface area contributed by atoms with Gasteiger partial charge in [-0.05, 0) is 42.6 Å². The fraction of sp³-hybridized carbons (Fsp3) is 0.444. The zero-order valence-electron chi connectivity index (χ0n) is 13.8. The Hall–Kier alpha value is -2.14. The molecule has 3 rings (SSSR count). The van der Waals surface area contributed by atoms with Gasteiger partial charge in [0.25, 0.3) is 5.91 Å². The van der Waals surface area contributed by atoms with Crippen LogP contribution in [-0.4, -0.2) is 42.1 Å². The molecule has 2 aliphatic heterocycles. The second-order valence-electron chi connectivity index (χ2n) is 6.48. The van der Waals surface area contributed by atoms with E-state index in [1.54, 1.807) is 4.90 Å². The number of hydrogen-bond acceptors (Lipinski definition) is 4. The summed E-state index contributed by atoms with van der Waals surface area (Å²) in [5.74, 6) is -0.0236. The van der Waals surface area contributed by atoms with Gasteiger partial charge in [-0.15, -0.1) is 0 Å². The first-order valence-electron chi connectivity index (χ1n) is 7.98. The van der Waals surface area contributed by atoms with E-state index < -0.39 is 6.04 Å². The molecule has 1 N–H and O–H groups in total. The molecule has 5 nitrogen and oxygen atoms in total. The highest BCUT2D eigenvalue weighted by Crippen LogP contribution is 2.32. The van der Waals surface area contributed by atoms with Gasteiger partial charge in [0.05, 0.1) is 6.04 Å². The average Bonchev–Trinajstić information content (AvgIpc) is 3.05. The van der Waals surface area contributed by atoms with Crippen molar-refractivity contribution in [2.24, 2.45) is 0 Å². The SMILES string of the molecule is C=C(CCC(C=O)N1Cc2cc3c(cc2C1=O)CN(C)C3)NC. The molecule has 0 saturated heterocycles. The van der Waals surface area contributed by atoms with Gasteiger partial charge in [-0.3, -0.25) is 9.69 Å². The van der Waals surface area contributed by atoms with Crippen molar-refractivity contribution in [2.45, 2.75) is 38.5 Å². The van der Waals surface area contributed by atoms with Gasteiger partial charge in [0.15, 0.2) is 0 Å². The van der Waals surface area contributed by atoms with Gasteiger partial charge < -0.3 is 15.0 Å². The molecular formula is C18H23N3O2. The molecule has 0 aliphatic carbocycles. The van der Waals surface area contributed by atoms with Crippen LogP contribution in [0.5, 0.6) is 0 Å². The van der Waals surface area contributed by atoms with Crippen LogP contribution < -0.4 is 5.32 Å². The normalized spacial score (nSPS) is 17.8. The molecule has 0 fully saturated rings. The van der Waals surface area contributed by atoms with Crippen LogP contribution in [0, 0.1) is 0 Å². The molecule has 1 amide bonds. The maximum atomic E-state index is 12.7. The van der Waals surface area contributed by atoms with Crippen LogP contribution in [0.2, 0.25) is 0 Å². The summed E-state index contributed by atoms with van der Waals surface area (Å²) in [7, 11) is 3.89. The summed E-state index contributed by atoms with van der Waals surface area (Å²) in [5, 5.41) is 2.98. The second kappa shape index (κ2) is 6.16. The van der Waals surface area contributed by atoms with E-state index in [4.69, 9.17) is 0 Å². The van der Waals surface area contributed by atoms with E-state index in [0.717, 1.165) is 36.2 Å². The number of aldehydes is 1. The van der Waals surface area contributed by atoms with Crippen molar-refractivity contribution >= 4 is 12.2 Å². The number of benzene rings is 1. The van der Waals surface area contributed by atoms with Crippen LogP contribution in [0.3, 0.4) is 0 Å². The molecule has 2 heterocycles. The van der Waals surface area contributed by atoms with E-state index in [1.165, 1.54) is 11.1 Å². The van der Waals surface area contributed by atoms with Crippen LogP contribution in [0.1, 0.15) is 39.9 Å². The van der Waals surface area contributed by atoms with Crippen molar-refractivity contribution in [3.05, 3.63) is 46.7 Å². The Balaban J connectivity index is 1.78. The van der Waals surface area contributed by atoms with E-state index in [0.29, 0.717) is 19.4 Å². The van der Waals surface area contributed by atoms with Crippen LogP contribution >= 0.6 is 0 Å². The Morgan fingerprint density at radius 3 is 2.65 bits per heavy atom. The largest absolute Gasteiger partial charge is 0.392 e. The summed E-state index contributed by atoms with van der Waals surface area (Å²) >= 11 is 0. The fourth-order valence-electron chi connectivity index (χ4n) is 3.42. The molecule has 0 aromatic heterocycles. The third kappa shape index (κ3) is 2.88. The van der Waals surface area contributed by atoms with E-state index in [9.17, 15) is 9.59 Å². The topological polar surface area (TPSA) is 52.7 Å². The molecule has 1 atom stereocenters. The number of carbonyl (C=O) groups is 2. The summed E-state index contributed by atoms with van der Waals surface area (Å²) in [6.45, 7) is 6.22. The van der Waals surface area contributed by atoms with Gasteiger partial charge in [-0.25, -0.2) is 0 Å². The van der Waals surface area contributed by atoms with Gasteiger partial charge in [-0.1, -0.05) is 12.6 Å². The second-order valence-corrected chi connectivity index (χ2v) is 6.48. The zero-order chi connectivity index (χ0) is 16.6. The van der Waals surface area contributed by atoms with Crippen molar-refractivity contribution in [2.75, 3.05) is 14.1 Å². The minimum atomic E-state index is -0.391. The highest BCUT2D eigenvalue weighted by molar-refractivity contribution is 6.00. The predicted molar refractivity (Wildman–Crippen MR) is 88.8 cm³/mol. The van der Waals surface area contributed by atoms with Gasteiger partial charge in [0.2, 0.25) is 0 Å². The number of rotatable bonds is 6. The quantitative estimate of drug-likeness (QED) is 0.812. The summed E-state index contributed by atoms with van der Waals surface area (Å²) in [5.41, 5.74) is 5.21. The van der Waals surface area contributed by atoms with Crippen LogP contribution in [0.25, 0.3) is 0 Å². The highest BCUT2D eigenvalue weighted by atomic mass is 16.2. The Kier molecular flexibility index (Phi) is 4.22. The third-order valence-corrected chi connectivity index (χ3v) is 4.79. The minimum Gasteiger partial charge on any atom is -0.392 e. The lowest BCUT2D eigenvalue weighted by molar-refractivity contribution is -0.112. The number of allylic oxidation sites excluding steroid dienone is 1. The number of amides is 1. The number of nitrogens with zero attached hydrogens (tertiary/aromatic N) is 2. The molecule has 23 heavy (non-hydrogen) atoms. The molecule has 2 aliphatic rings. The summed E-state index contributed by atoms with van der Waals surface area (Å²) in [6.07, 6.45) is 2.17. The van der Waals surface area contributed by atoms with Crippen molar-refractivity contribution < 1.29 is 9.59 Å². The van der Waals surface area contributed by atoms with Gasteiger partial charge in [0.1, 0.15) is 6.29 Å². The lowest BCUT2D eigenvalue weighted by Crippen LogP contribution is -2.37. The Labute approximate surface area is 137 Å². The number of nitrogens with one attached hydrogen (secondary N) is 1. The number of hydrogen-bond donors (Lipinski definition) is 1. The zero-order valence-corrected chi connectivity index (χ0v) is 13.8. The van der Waals surface area contributed by atoms with Crippen molar-refractivity contribution in [3.63, 3.8) is 0 Å². The number of fused-ring (bicyclic) bond motifs is 2. The molecule has 0 radical (unpaired) electrons. The van der Waals surface area contributed by atoms with E-state index in [1.807, 2.05) is 13.1 Å². The Morgan fingerprint density at radius 1 is 1.30 bits per heavy atom.